The Morgan fingerprint density at radius 1 is 1.19 bits per heavy atom. The number of halogens is 1. The number of hydrogen-bond donors (Lipinski definition) is 1. The number of hydrogen-bond acceptors (Lipinski definition) is 5. The lowest BCUT2D eigenvalue weighted by Gasteiger charge is -2.32. The fraction of sp³-hybridized carbons (Fsp3) is 0.474. The van der Waals surface area contributed by atoms with Crippen molar-refractivity contribution >= 4 is 29.3 Å². The average Bonchev–Trinajstić information content (AvgIpc) is 3.12. The smallest absolute Gasteiger partial charge is 0.349 e. The van der Waals surface area contributed by atoms with Crippen molar-refractivity contribution in [2.75, 3.05) is 39.3 Å². The lowest BCUT2D eigenvalue weighted by Crippen LogP contribution is -2.49. The highest BCUT2D eigenvalue weighted by Crippen LogP contribution is 2.23. The molecule has 1 amide bonds. The standard InChI is InChI=1S/C19H23N3O3.ClH/c1-13-15-4-2-3-5-16(15)25-19(24)17(13)18(23)22-9-6-14(12-22)21-10-7-20-8-11-21;/h2-5,14,20H,6-12H2,1H3;1H. The highest BCUT2D eigenvalue weighted by atomic mass is 35.5. The molecule has 1 atom stereocenters. The maximum atomic E-state index is 13.0. The minimum atomic E-state index is -0.535. The molecular formula is C19H24ClN3O3. The van der Waals surface area contributed by atoms with Gasteiger partial charge in [0.15, 0.2) is 0 Å². The van der Waals surface area contributed by atoms with Crippen LogP contribution in [0.25, 0.3) is 11.0 Å². The van der Waals surface area contributed by atoms with Gasteiger partial charge in [0.25, 0.3) is 5.91 Å². The number of amides is 1. The molecule has 0 aliphatic carbocycles. The second-order valence-corrected chi connectivity index (χ2v) is 6.87. The molecule has 2 aromatic rings. The zero-order valence-electron chi connectivity index (χ0n) is 14.9. The summed E-state index contributed by atoms with van der Waals surface area (Å²) in [6.45, 7) is 7.24. The van der Waals surface area contributed by atoms with E-state index in [1.807, 2.05) is 25.1 Å². The number of likely N-dealkylation sites (tertiary alicyclic amines) is 1. The Kier molecular flexibility index (Phi) is 5.65. The molecule has 2 fully saturated rings. The molecule has 0 saturated carbocycles. The Labute approximate surface area is 158 Å². The summed E-state index contributed by atoms with van der Waals surface area (Å²) in [5, 5.41) is 4.18. The molecule has 0 spiro atoms. The summed E-state index contributed by atoms with van der Waals surface area (Å²) < 4.78 is 5.38. The van der Waals surface area contributed by atoms with Crippen molar-refractivity contribution in [2.45, 2.75) is 19.4 Å². The number of rotatable bonds is 2. The van der Waals surface area contributed by atoms with Crippen LogP contribution in [0.5, 0.6) is 0 Å². The normalized spacial score (nSPS) is 21.0. The molecule has 7 heteroatoms. The summed E-state index contributed by atoms with van der Waals surface area (Å²) in [6, 6.07) is 7.75. The van der Waals surface area contributed by atoms with E-state index in [0.717, 1.165) is 38.0 Å². The number of nitrogens with zero attached hydrogens (tertiary/aromatic N) is 2. The molecule has 2 aliphatic heterocycles. The van der Waals surface area contributed by atoms with Gasteiger partial charge in [-0.15, -0.1) is 12.4 Å². The lowest BCUT2D eigenvalue weighted by atomic mass is 10.1. The number of piperazine rings is 1. The van der Waals surface area contributed by atoms with Crippen molar-refractivity contribution in [3.8, 4) is 0 Å². The van der Waals surface area contributed by atoms with Crippen molar-refractivity contribution in [3.63, 3.8) is 0 Å². The first-order valence-electron chi connectivity index (χ1n) is 8.91. The second kappa shape index (κ2) is 7.78. The Bertz CT molecular complexity index is 861. The van der Waals surface area contributed by atoms with Crippen LogP contribution in [-0.4, -0.2) is 61.0 Å². The van der Waals surface area contributed by atoms with Gasteiger partial charge in [-0.3, -0.25) is 9.69 Å². The fourth-order valence-electron chi connectivity index (χ4n) is 3.98. The van der Waals surface area contributed by atoms with Gasteiger partial charge in [-0.25, -0.2) is 4.79 Å². The largest absolute Gasteiger partial charge is 0.422 e. The predicted octanol–water partition coefficient (Wildman–Crippen LogP) is 1.64. The topological polar surface area (TPSA) is 65.8 Å². The Morgan fingerprint density at radius 2 is 1.92 bits per heavy atom. The van der Waals surface area contributed by atoms with Gasteiger partial charge in [-0.1, -0.05) is 18.2 Å². The molecule has 0 radical (unpaired) electrons. The molecule has 2 aliphatic rings. The van der Waals surface area contributed by atoms with Crippen LogP contribution in [0.4, 0.5) is 0 Å². The third-order valence-electron chi connectivity index (χ3n) is 5.41. The molecule has 1 aromatic heterocycles. The van der Waals surface area contributed by atoms with Crippen LogP contribution < -0.4 is 10.9 Å². The molecule has 140 valence electrons. The van der Waals surface area contributed by atoms with E-state index in [1.54, 1.807) is 11.0 Å². The summed E-state index contributed by atoms with van der Waals surface area (Å²) in [5.41, 5.74) is 0.885. The summed E-state index contributed by atoms with van der Waals surface area (Å²) in [6.07, 6.45) is 0.962. The van der Waals surface area contributed by atoms with Crippen molar-refractivity contribution in [2.24, 2.45) is 0 Å². The highest BCUT2D eigenvalue weighted by molar-refractivity contribution is 5.99. The van der Waals surface area contributed by atoms with Crippen LogP contribution in [-0.2, 0) is 0 Å². The number of benzene rings is 1. The molecule has 3 heterocycles. The zero-order valence-corrected chi connectivity index (χ0v) is 15.7. The summed E-state index contributed by atoms with van der Waals surface area (Å²) in [7, 11) is 0. The summed E-state index contributed by atoms with van der Waals surface area (Å²) in [5.74, 6) is -0.199. The van der Waals surface area contributed by atoms with Crippen molar-refractivity contribution in [1.29, 1.82) is 0 Å². The monoisotopic (exact) mass is 377 g/mol. The second-order valence-electron chi connectivity index (χ2n) is 6.87. The number of carbonyl (C=O) groups is 1. The fourth-order valence-corrected chi connectivity index (χ4v) is 3.98. The number of nitrogens with one attached hydrogen (secondary N) is 1. The Hall–Kier alpha value is -1.89. The lowest BCUT2D eigenvalue weighted by molar-refractivity contribution is 0.0768. The van der Waals surface area contributed by atoms with Crippen molar-refractivity contribution < 1.29 is 9.21 Å². The molecule has 1 unspecified atom stereocenters. The molecule has 6 nitrogen and oxygen atoms in total. The SMILES string of the molecule is Cc1c(C(=O)N2CCC(N3CCNCC3)C2)c(=O)oc2ccccc12.Cl. The van der Waals surface area contributed by atoms with Crippen molar-refractivity contribution in [3.05, 3.63) is 45.8 Å². The van der Waals surface area contributed by atoms with Crippen LogP contribution in [0.2, 0.25) is 0 Å². The number of fused-ring (bicyclic) bond motifs is 1. The van der Waals surface area contributed by atoms with Gasteiger partial charge in [0.1, 0.15) is 11.1 Å². The summed E-state index contributed by atoms with van der Waals surface area (Å²) in [4.78, 5) is 29.6. The van der Waals surface area contributed by atoms with E-state index in [1.165, 1.54) is 0 Å². The van der Waals surface area contributed by atoms with Gasteiger partial charge >= 0.3 is 5.63 Å². The van der Waals surface area contributed by atoms with Gasteiger partial charge in [0, 0.05) is 50.7 Å². The average molecular weight is 378 g/mol. The third-order valence-corrected chi connectivity index (χ3v) is 5.41. The highest BCUT2D eigenvalue weighted by Gasteiger charge is 2.33. The van der Waals surface area contributed by atoms with Gasteiger partial charge in [-0.2, -0.15) is 0 Å². The number of para-hydroxylation sites is 1. The van der Waals surface area contributed by atoms with E-state index in [0.29, 0.717) is 30.3 Å². The zero-order chi connectivity index (χ0) is 17.4. The van der Waals surface area contributed by atoms with E-state index in [2.05, 4.69) is 10.2 Å². The van der Waals surface area contributed by atoms with E-state index in [-0.39, 0.29) is 23.9 Å². The van der Waals surface area contributed by atoms with Gasteiger partial charge in [0.2, 0.25) is 0 Å². The van der Waals surface area contributed by atoms with Gasteiger partial charge < -0.3 is 14.6 Å². The van der Waals surface area contributed by atoms with E-state index < -0.39 is 5.63 Å². The van der Waals surface area contributed by atoms with Gasteiger partial charge in [0.05, 0.1) is 0 Å². The van der Waals surface area contributed by atoms with Crippen LogP contribution in [0.1, 0.15) is 22.3 Å². The minimum absolute atomic E-state index is 0. The van der Waals surface area contributed by atoms with Crippen molar-refractivity contribution in [1.82, 2.24) is 15.1 Å². The third kappa shape index (κ3) is 3.37. The van der Waals surface area contributed by atoms with E-state index in [9.17, 15) is 9.59 Å². The van der Waals surface area contributed by atoms with Crippen LogP contribution in [0, 0.1) is 6.92 Å². The van der Waals surface area contributed by atoms with Gasteiger partial charge in [-0.05, 0) is 25.0 Å². The maximum Gasteiger partial charge on any atom is 0.349 e. The molecular weight excluding hydrogens is 354 g/mol. The minimum Gasteiger partial charge on any atom is -0.422 e. The Balaban J connectivity index is 0.00000196. The van der Waals surface area contributed by atoms with E-state index >= 15 is 0 Å². The number of aryl methyl sites for hydroxylation is 1. The molecule has 4 rings (SSSR count). The molecule has 1 aromatic carbocycles. The maximum absolute atomic E-state index is 13.0. The molecule has 1 N–H and O–H groups in total. The van der Waals surface area contributed by atoms with Crippen LogP contribution >= 0.6 is 12.4 Å². The number of carbonyl (C=O) groups excluding carboxylic acids is 1. The quantitative estimate of drug-likeness (QED) is 0.806. The molecule has 0 bridgehead atoms. The predicted molar refractivity (Wildman–Crippen MR) is 103 cm³/mol. The van der Waals surface area contributed by atoms with Crippen LogP contribution in [0.15, 0.2) is 33.5 Å². The first kappa shape index (κ1) is 18.9. The van der Waals surface area contributed by atoms with Crippen LogP contribution in [0.3, 0.4) is 0 Å². The first-order chi connectivity index (χ1) is 12.1. The first-order valence-corrected chi connectivity index (χ1v) is 8.91. The molecule has 2 saturated heterocycles. The Morgan fingerprint density at radius 3 is 2.69 bits per heavy atom. The van der Waals surface area contributed by atoms with E-state index in [4.69, 9.17) is 4.42 Å². The molecule has 26 heavy (non-hydrogen) atoms. The summed E-state index contributed by atoms with van der Waals surface area (Å²) >= 11 is 0.